The lowest BCUT2D eigenvalue weighted by Gasteiger charge is -2.36. The van der Waals surface area contributed by atoms with Crippen LogP contribution in [-0.2, 0) is 0 Å². The summed E-state index contributed by atoms with van der Waals surface area (Å²) >= 11 is 14.1. The van der Waals surface area contributed by atoms with E-state index in [1.807, 2.05) is 0 Å². The summed E-state index contributed by atoms with van der Waals surface area (Å²) in [5, 5.41) is 0. The van der Waals surface area contributed by atoms with Gasteiger partial charge in [0.05, 0.1) is 0 Å². The van der Waals surface area contributed by atoms with E-state index >= 15 is 0 Å². The Hall–Kier alpha value is 4.08. The lowest BCUT2D eigenvalue weighted by Crippen LogP contribution is -2.44. The molecule has 0 heterocycles. The second-order valence-electron chi connectivity index (χ2n) is 3.46. The van der Waals surface area contributed by atoms with Crippen LogP contribution in [0.4, 0.5) is 0 Å². The Kier molecular flexibility index (Phi) is 7.35. The Morgan fingerprint density at radius 1 is 0.769 bits per heavy atom. The smallest absolute Gasteiger partial charge is 0.105 e. The van der Waals surface area contributed by atoms with E-state index in [1.165, 1.54) is 32.1 Å². The minimum atomic E-state index is -0.965. The van der Waals surface area contributed by atoms with Crippen LogP contribution in [0.15, 0.2) is 0 Å². The zero-order valence-corrected chi connectivity index (χ0v) is 19.8. The van der Waals surface area contributed by atoms with E-state index in [9.17, 15) is 0 Å². The predicted octanol–water partition coefficient (Wildman–Crippen LogP) is 5.96. The molecule has 0 spiro atoms. The molecule has 0 aromatic rings. The topological polar surface area (TPSA) is 0 Å². The van der Waals surface area contributed by atoms with E-state index in [-0.39, 0.29) is 0 Å². The molecular weight excluding hydrogens is 763 g/mol. The normalized spacial score (nSPS) is 21.9. The number of rotatable bonds is 2. The molecule has 0 nitrogen and oxygen atoms in total. The monoisotopic (exact) mass is 774 g/mol. The van der Waals surface area contributed by atoms with Gasteiger partial charge in [-0.15, -0.1) is 43.6 Å². The van der Waals surface area contributed by atoms with E-state index in [0.29, 0.717) is 0 Å². The zero-order chi connectivity index (χ0) is 10.1. The van der Waals surface area contributed by atoms with Gasteiger partial charge in [-0.2, -0.15) is 0 Å². The second-order valence-corrected chi connectivity index (χ2v) is 75.9. The molecule has 0 unspecified atom stereocenters. The fourth-order valence-electron chi connectivity index (χ4n) is 1.70. The first-order valence-electron chi connectivity index (χ1n) is 4.30. The molecule has 78 valence electrons. The standard InChI is InChI=1S/C6H11I5Si2/c7-12(8,13(9,10)11)6-4-2-1-3-5-6/h6H,1-5H2. The lowest BCUT2D eigenvalue weighted by molar-refractivity contribution is 0.502. The van der Waals surface area contributed by atoms with Gasteiger partial charge in [0, 0.05) is 0 Å². The molecule has 0 aromatic heterocycles. The van der Waals surface area contributed by atoms with Gasteiger partial charge >= 0.3 is 0 Å². The van der Waals surface area contributed by atoms with Crippen LogP contribution in [0.25, 0.3) is 0 Å². The summed E-state index contributed by atoms with van der Waals surface area (Å²) < 4.78 is -1.92. The Labute approximate surface area is 146 Å². The van der Waals surface area contributed by atoms with Gasteiger partial charge in [-0.1, -0.05) is 97.5 Å². The minimum Gasteiger partial charge on any atom is -0.105 e. The molecule has 1 fully saturated rings. The first-order chi connectivity index (χ1) is 5.86. The van der Waals surface area contributed by atoms with Crippen molar-refractivity contribution in [1.82, 2.24) is 0 Å². The number of halogens is 5. The molecule has 1 aliphatic carbocycles. The van der Waals surface area contributed by atoms with Crippen molar-refractivity contribution in [2.24, 2.45) is 0 Å². The summed E-state index contributed by atoms with van der Waals surface area (Å²) in [6.07, 6.45) is 7.55. The average Bonchev–Trinajstić information content (AvgIpc) is 2.04. The van der Waals surface area contributed by atoms with Crippen LogP contribution in [-0.4, -0.2) is 2.67 Å². The van der Waals surface area contributed by atoms with Crippen LogP contribution in [0.1, 0.15) is 32.1 Å². The van der Waals surface area contributed by atoms with Gasteiger partial charge in [0.25, 0.3) is 0.0813 Å². The molecule has 1 aliphatic rings. The minimum absolute atomic E-state index is 0.950. The summed E-state index contributed by atoms with van der Waals surface area (Å²) in [7, 11) is 0. The maximum Gasteiger partial charge on any atom is 0.264 e. The summed E-state index contributed by atoms with van der Waals surface area (Å²) in [5.41, 5.74) is 1.11. The molecule has 7 heteroatoms. The van der Waals surface area contributed by atoms with Crippen LogP contribution < -0.4 is 0 Å². The highest BCUT2D eigenvalue weighted by atomic mass is 127. The maximum atomic E-state index is 2.87. The van der Waals surface area contributed by atoms with Crippen molar-refractivity contribution >= 4 is 112 Å². The van der Waals surface area contributed by atoms with E-state index in [0.717, 1.165) is 5.54 Å². The van der Waals surface area contributed by atoms with Crippen LogP contribution in [0.5, 0.6) is 0 Å². The fourth-order valence-corrected chi connectivity index (χ4v) is 21.2. The first kappa shape index (κ1) is 15.1. The molecule has 0 amide bonds. The fraction of sp³-hybridized carbons (Fsp3) is 1.00. The molecule has 0 saturated heterocycles. The lowest BCUT2D eigenvalue weighted by atomic mass is 10.0. The summed E-state index contributed by atoms with van der Waals surface area (Å²) in [6, 6.07) is 0. The number of hydrogen-bond donors (Lipinski definition) is 0. The van der Waals surface area contributed by atoms with E-state index in [4.69, 9.17) is 0 Å². The first-order valence-corrected chi connectivity index (χ1v) is 24.9. The SMILES string of the molecule is I[Si](I)(I)[Si](I)(I)C1CCCCC1. The molecular formula is C6H11I5Si2. The number of hydrogen-bond acceptors (Lipinski definition) is 0. The van der Waals surface area contributed by atoms with Gasteiger partial charge < -0.3 is 0 Å². The average molecular weight is 774 g/mol. The van der Waals surface area contributed by atoms with Gasteiger partial charge in [0.15, 0.2) is 0 Å². The maximum absolute atomic E-state index is 2.87. The molecule has 1 rings (SSSR count). The van der Waals surface area contributed by atoms with E-state index in [2.05, 4.69) is 109 Å². The molecule has 0 N–H and O–H groups in total. The predicted molar refractivity (Wildman–Crippen MR) is 108 cm³/mol. The summed E-state index contributed by atoms with van der Waals surface area (Å²) in [5.74, 6) is 0. The Bertz CT molecular complexity index is 172. The van der Waals surface area contributed by atoms with Crippen molar-refractivity contribution in [1.29, 1.82) is 0 Å². The Morgan fingerprint density at radius 3 is 1.62 bits per heavy atom. The van der Waals surface area contributed by atoms with E-state index < -0.39 is 2.67 Å². The van der Waals surface area contributed by atoms with Crippen molar-refractivity contribution in [2.75, 3.05) is 0 Å². The van der Waals surface area contributed by atoms with Gasteiger partial charge in [-0.05, 0) is 5.54 Å². The third-order valence-electron chi connectivity index (χ3n) is 2.50. The molecule has 0 radical (unpaired) electrons. The summed E-state index contributed by atoms with van der Waals surface area (Å²) in [4.78, 5) is 0. The van der Waals surface area contributed by atoms with Crippen molar-refractivity contribution in [3.05, 3.63) is 0 Å². The molecule has 0 aromatic carbocycles. The quantitative estimate of drug-likeness (QED) is 0.185. The van der Waals surface area contributed by atoms with Crippen molar-refractivity contribution < 1.29 is 0 Å². The van der Waals surface area contributed by atoms with Crippen molar-refractivity contribution in [3.8, 4) is 0 Å². The molecule has 13 heavy (non-hydrogen) atoms. The largest absolute Gasteiger partial charge is 0.264 e. The van der Waals surface area contributed by atoms with Gasteiger partial charge in [0.2, 0.25) is 2.58 Å². The Balaban J connectivity index is 2.67. The third-order valence-corrected chi connectivity index (χ3v) is 107. The summed E-state index contributed by atoms with van der Waals surface area (Å²) in [6.45, 7) is 0. The van der Waals surface area contributed by atoms with Crippen LogP contribution in [0.2, 0.25) is 5.54 Å². The van der Waals surface area contributed by atoms with Crippen LogP contribution in [0, 0.1) is 0 Å². The van der Waals surface area contributed by atoms with Gasteiger partial charge in [0.1, 0.15) is 0 Å². The second kappa shape index (κ2) is 6.31. The highest BCUT2D eigenvalue weighted by molar-refractivity contribution is 14.4. The molecule has 1 saturated carbocycles. The highest BCUT2D eigenvalue weighted by Crippen LogP contribution is 2.56. The molecule has 0 bridgehead atoms. The van der Waals surface area contributed by atoms with Crippen molar-refractivity contribution in [2.45, 2.75) is 37.6 Å². The van der Waals surface area contributed by atoms with E-state index in [1.54, 1.807) is 0 Å². The van der Waals surface area contributed by atoms with Crippen LogP contribution in [0.3, 0.4) is 0 Å². The van der Waals surface area contributed by atoms with Crippen LogP contribution >= 0.6 is 109 Å². The molecule has 0 aliphatic heterocycles. The molecule has 0 atom stereocenters. The van der Waals surface area contributed by atoms with Crippen molar-refractivity contribution in [3.63, 3.8) is 0 Å². The van der Waals surface area contributed by atoms with Gasteiger partial charge in [-0.3, -0.25) is 0 Å². The van der Waals surface area contributed by atoms with Gasteiger partial charge in [-0.25, -0.2) is 0 Å². The highest BCUT2D eigenvalue weighted by Gasteiger charge is 2.53. The third kappa shape index (κ3) is 4.35. The zero-order valence-electron chi connectivity index (χ0n) is 7.00. The Morgan fingerprint density at radius 2 is 1.23 bits per heavy atom.